The van der Waals surface area contributed by atoms with Crippen LogP contribution in [-0.2, 0) is 6.42 Å². The van der Waals surface area contributed by atoms with Crippen LogP contribution in [0.3, 0.4) is 0 Å². The lowest BCUT2D eigenvalue weighted by molar-refractivity contribution is 0.299. The van der Waals surface area contributed by atoms with Crippen molar-refractivity contribution in [3.8, 4) is 11.5 Å². The number of phenolic OH excluding ortho intramolecular Hbond substituents is 2. The number of fused-ring (bicyclic) bond motifs is 1. The van der Waals surface area contributed by atoms with Crippen molar-refractivity contribution in [3.63, 3.8) is 0 Å². The highest BCUT2D eigenvalue weighted by atomic mass is 16.3. The molecule has 3 heteroatoms. The number of benzene rings is 1. The Kier molecular flexibility index (Phi) is 2.11. The van der Waals surface area contributed by atoms with Crippen LogP contribution in [0.2, 0.25) is 0 Å². The van der Waals surface area contributed by atoms with E-state index in [4.69, 9.17) is 0 Å². The molecule has 1 aliphatic rings. The SMILES string of the molecule is CN(C)C1CCc2c1ccc(O)c2O. The Morgan fingerprint density at radius 1 is 1.29 bits per heavy atom. The molecule has 3 nitrogen and oxygen atoms in total. The largest absolute Gasteiger partial charge is 0.504 e. The van der Waals surface area contributed by atoms with E-state index in [9.17, 15) is 10.2 Å². The number of phenols is 2. The monoisotopic (exact) mass is 193 g/mol. The Labute approximate surface area is 83.6 Å². The van der Waals surface area contributed by atoms with Gasteiger partial charge in [0.25, 0.3) is 0 Å². The molecule has 0 amide bonds. The average molecular weight is 193 g/mol. The maximum Gasteiger partial charge on any atom is 0.161 e. The molecule has 1 aliphatic carbocycles. The molecule has 0 saturated carbocycles. The van der Waals surface area contributed by atoms with E-state index in [1.165, 1.54) is 0 Å². The Bertz CT molecular complexity index is 361. The summed E-state index contributed by atoms with van der Waals surface area (Å²) in [5.41, 5.74) is 2.05. The zero-order chi connectivity index (χ0) is 10.3. The van der Waals surface area contributed by atoms with Gasteiger partial charge in [0, 0.05) is 11.6 Å². The van der Waals surface area contributed by atoms with Crippen molar-refractivity contribution >= 4 is 0 Å². The molecular formula is C11H15NO2. The second kappa shape index (κ2) is 3.17. The van der Waals surface area contributed by atoms with Crippen molar-refractivity contribution < 1.29 is 10.2 Å². The molecule has 1 unspecified atom stereocenters. The van der Waals surface area contributed by atoms with Gasteiger partial charge in [0.15, 0.2) is 11.5 Å². The van der Waals surface area contributed by atoms with E-state index < -0.39 is 0 Å². The molecule has 0 heterocycles. The smallest absolute Gasteiger partial charge is 0.161 e. The van der Waals surface area contributed by atoms with Gasteiger partial charge in [-0.1, -0.05) is 6.07 Å². The van der Waals surface area contributed by atoms with Gasteiger partial charge in [-0.15, -0.1) is 0 Å². The third kappa shape index (κ3) is 1.24. The van der Waals surface area contributed by atoms with Crippen molar-refractivity contribution in [2.45, 2.75) is 18.9 Å². The van der Waals surface area contributed by atoms with Crippen LogP contribution in [0.15, 0.2) is 12.1 Å². The van der Waals surface area contributed by atoms with Crippen LogP contribution >= 0.6 is 0 Å². The molecule has 0 bridgehead atoms. The fourth-order valence-corrected chi connectivity index (χ4v) is 2.19. The van der Waals surface area contributed by atoms with Crippen LogP contribution in [0.25, 0.3) is 0 Å². The van der Waals surface area contributed by atoms with Gasteiger partial charge in [-0.3, -0.25) is 0 Å². The first kappa shape index (κ1) is 9.34. The predicted molar refractivity (Wildman–Crippen MR) is 54.5 cm³/mol. The van der Waals surface area contributed by atoms with Crippen molar-refractivity contribution in [2.75, 3.05) is 14.1 Å². The third-order valence-electron chi connectivity index (χ3n) is 2.95. The highest BCUT2D eigenvalue weighted by Gasteiger charge is 2.27. The topological polar surface area (TPSA) is 43.7 Å². The molecule has 0 saturated heterocycles. The van der Waals surface area contributed by atoms with Crippen molar-refractivity contribution in [1.29, 1.82) is 0 Å². The molecule has 0 aromatic heterocycles. The summed E-state index contributed by atoms with van der Waals surface area (Å²) in [6.07, 6.45) is 1.86. The number of aromatic hydroxyl groups is 2. The summed E-state index contributed by atoms with van der Waals surface area (Å²) in [5, 5.41) is 19.0. The quantitative estimate of drug-likeness (QED) is 0.666. The molecule has 0 aliphatic heterocycles. The summed E-state index contributed by atoms with van der Waals surface area (Å²) in [5.74, 6) is 0.0509. The van der Waals surface area contributed by atoms with Crippen LogP contribution < -0.4 is 0 Å². The lowest BCUT2D eigenvalue weighted by atomic mass is 10.1. The van der Waals surface area contributed by atoms with Gasteiger partial charge >= 0.3 is 0 Å². The number of rotatable bonds is 1. The predicted octanol–water partition coefficient (Wildman–Crippen LogP) is 1.65. The van der Waals surface area contributed by atoms with Crippen molar-refractivity contribution in [3.05, 3.63) is 23.3 Å². The van der Waals surface area contributed by atoms with E-state index in [2.05, 4.69) is 4.90 Å². The molecule has 0 spiro atoms. The molecule has 1 atom stereocenters. The highest BCUT2D eigenvalue weighted by Crippen LogP contribution is 2.42. The molecule has 0 radical (unpaired) electrons. The standard InChI is InChI=1S/C11H15NO2/c1-12(2)9-5-3-8-7(9)4-6-10(13)11(8)14/h4,6,9,13-14H,3,5H2,1-2H3. The number of hydrogen-bond acceptors (Lipinski definition) is 3. The van der Waals surface area contributed by atoms with Gasteiger partial charge in [0.2, 0.25) is 0 Å². The van der Waals surface area contributed by atoms with Crippen molar-refractivity contribution in [1.82, 2.24) is 4.90 Å². The van der Waals surface area contributed by atoms with Gasteiger partial charge in [-0.2, -0.15) is 0 Å². The number of hydrogen-bond donors (Lipinski definition) is 2. The fourth-order valence-electron chi connectivity index (χ4n) is 2.19. The van der Waals surface area contributed by atoms with E-state index in [1.54, 1.807) is 6.07 Å². The molecule has 76 valence electrons. The lowest BCUT2D eigenvalue weighted by Gasteiger charge is -2.20. The minimum atomic E-state index is -0.0110. The minimum Gasteiger partial charge on any atom is -0.504 e. The van der Waals surface area contributed by atoms with Crippen LogP contribution in [0, 0.1) is 0 Å². The Morgan fingerprint density at radius 2 is 2.00 bits per heavy atom. The normalized spacial score (nSPS) is 20.1. The molecule has 2 rings (SSSR count). The van der Waals surface area contributed by atoms with Crippen molar-refractivity contribution in [2.24, 2.45) is 0 Å². The van der Waals surface area contributed by atoms with E-state index in [0.29, 0.717) is 6.04 Å². The Morgan fingerprint density at radius 3 is 2.64 bits per heavy atom. The van der Waals surface area contributed by atoms with E-state index >= 15 is 0 Å². The van der Waals surface area contributed by atoms with E-state index in [1.807, 2.05) is 20.2 Å². The summed E-state index contributed by atoms with van der Waals surface area (Å²) in [4.78, 5) is 2.14. The van der Waals surface area contributed by atoms with Crippen LogP contribution in [0.1, 0.15) is 23.6 Å². The van der Waals surface area contributed by atoms with E-state index in [-0.39, 0.29) is 11.5 Å². The summed E-state index contributed by atoms with van der Waals surface area (Å²) < 4.78 is 0. The summed E-state index contributed by atoms with van der Waals surface area (Å²) in [6.45, 7) is 0. The fraction of sp³-hybridized carbons (Fsp3) is 0.455. The molecule has 0 fully saturated rings. The Hall–Kier alpha value is -1.22. The second-order valence-electron chi connectivity index (χ2n) is 4.02. The van der Waals surface area contributed by atoms with Gasteiger partial charge < -0.3 is 15.1 Å². The first-order valence-electron chi connectivity index (χ1n) is 4.81. The highest BCUT2D eigenvalue weighted by molar-refractivity contribution is 5.52. The molecule has 1 aromatic rings. The maximum absolute atomic E-state index is 9.65. The zero-order valence-electron chi connectivity index (χ0n) is 8.49. The van der Waals surface area contributed by atoms with Gasteiger partial charge in [-0.25, -0.2) is 0 Å². The van der Waals surface area contributed by atoms with Crippen LogP contribution in [0.4, 0.5) is 0 Å². The number of nitrogens with zero attached hydrogens (tertiary/aromatic N) is 1. The first-order valence-corrected chi connectivity index (χ1v) is 4.81. The average Bonchev–Trinajstić information content (AvgIpc) is 2.55. The maximum atomic E-state index is 9.65. The van der Waals surface area contributed by atoms with Gasteiger partial charge in [0.05, 0.1) is 0 Å². The summed E-state index contributed by atoms with van der Waals surface area (Å²) in [6, 6.07) is 3.84. The molecule has 2 N–H and O–H groups in total. The first-order chi connectivity index (χ1) is 6.61. The molecular weight excluding hydrogens is 178 g/mol. The van der Waals surface area contributed by atoms with Crippen LogP contribution in [0.5, 0.6) is 11.5 Å². The zero-order valence-corrected chi connectivity index (χ0v) is 8.49. The van der Waals surface area contributed by atoms with Crippen LogP contribution in [-0.4, -0.2) is 29.2 Å². The Balaban J connectivity index is 2.48. The second-order valence-corrected chi connectivity index (χ2v) is 4.02. The molecule has 1 aromatic carbocycles. The van der Waals surface area contributed by atoms with Gasteiger partial charge in [-0.05, 0) is 38.6 Å². The lowest BCUT2D eigenvalue weighted by Crippen LogP contribution is -2.17. The molecule has 14 heavy (non-hydrogen) atoms. The van der Waals surface area contributed by atoms with E-state index in [0.717, 1.165) is 24.0 Å². The summed E-state index contributed by atoms with van der Waals surface area (Å²) in [7, 11) is 4.06. The van der Waals surface area contributed by atoms with Gasteiger partial charge in [0.1, 0.15) is 0 Å². The minimum absolute atomic E-state index is 0.0110. The summed E-state index contributed by atoms with van der Waals surface area (Å²) >= 11 is 0. The third-order valence-corrected chi connectivity index (χ3v) is 2.95.